The average molecular weight is 288 g/mol. The molecule has 0 unspecified atom stereocenters. The topological polar surface area (TPSA) is 56.0 Å². The van der Waals surface area contributed by atoms with Crippen LogP contribution in [-0.4, -0.2) is 10.9 Å². The molecular weight excluding hydrogens is 272 g/mol. The predicted octanol–water partition coefficient (Wildman–Crippen LogP) is 3.82. The van der Waals surface area contributed by atoms with Crippen LogP contribution in [-0.2, 0) is 0 Å². The lowest BCUT2D eigenvalue weighted by molar-refractivity contribution is 0.100. The van der Waals surface area contributed by atoms with E-state index in [2.05, 4.69) is 23.2 Å². The number of hydrogen-bond acceptors (Lipinski definition) is 2. The zero-order chi connectivity index (χ0) is 15.5. The Balaban J connectivity index is 2.18. The Labute approximate surface area is 129 Å². The van der Waals surface area contributed by atoms with Crippen LogP contribution in [0.5, 0.6) is 0 Å². The number of hydrogen-bond donors (Lipinski definition) is 1. The van der Waals surface area contributed by atoms with Gasteiger partial charge < -0.3 is 5.73 Å². The normalized spacial score (nSPS) is 10.4. The second-order valence-corrected chi connectivity index (χ2v) is 5.18. The van der Waals surface area contributed by atoms with Crippen LogP contribution < -0.4 is 5.73 Å². The molecule has 1 aromatic heterocycles. The molecule has 3 rings (SSSR count). The van der Waals surface area contributed by atoms with Crippen LogP contribution in [0, 0.1) is 6.92 Å². The van der Waals surface area contributed by atoms with Crippen LogP contribution >= 0.6 is 0 Å². The van der Waals surface area contributed by atoms with E-state index in [0.29, 0.717) is 5.56 Å². The molecule has 0 radical (unpaired) electrons. The van der Waals surface area contributed by atoms with Gasteiger partial charge in [-0.1, -0.05) is 36.4 Å². The molecule has 0 aliphatic heterocycles. The molecule has 0 aliphatic rings. The molecule has 0 saturated carbocycles. The summed E-state index contributed by atoms with van der Waals surface area (Å²) in [7, 11) is 0. The second kappa shape index (κ2) is 5.82. The monoisotopic (exact) mass is 288 g/mol. The van der Waals surface area contributed by atoms with Crippen molar-refractivity contribution in [3.05, 3.63) is 78.1 Å². The Kier molecular flexibility index (Phi) is 3.71. The molecule has 3 aromatic rings. The highest BCUT2D eigenvalue weighted by molar-refractivity contribution is 6.00. The highest BCUT2D eigenvalue weighted by atomic mass is 16.1. The zero-order valence-corrected chi connectivity index (χ0v) is 12.3. The first-order valence-electron chi connectivity index (χ1n) is 7.07. The zero-order valence-electron chi connectivity index (χ0n) is 12.3. The summed E-state index contributed by atoms with van der Waals surface area (Å²) in [5.41, 5.74) is 11.1. The minimum absolute atomic E-state index is 0.415. The van der Waals surface area contributed by atoms with Crippen molar-refractivity contribution in [2.45, 2.75) is 6.92 Å². The molecule has 1 amide bonds. The number of aryl methyl sites for hydroxylation is 1. The van der Waals surface area contributed by atoms with E-state index in [9.17, 15) is 4.79 Å². The fraction of sp³-hybridized carbons (Fsp3) is 0.0526. The molecule has 3 heteroatoms. The van der Waals surface area contributed by atoms with Gasteiger partial charge >= 0.3 is 0 Å². The van der Waals surface area contributed by atoms with Gasteiger partial charge in [-0.25, -0.2) is 0 Å². The molecule has 0 spiro atoms. The second-order valence-electron chi connectivity index (χ2n) is 5.18. The molecule has 108 valence electrons. The Morgan fingerprint density at radius 3 is 2.50 bits per heavy atom. The van der Waals surface area contributed by atoms with Crippen molar-refractivity contribution < 1.29 is 4.79 Å². The van der Waals surface area contributed by atoms with Crippen LogP contribution in [0.4, 0.5) is 0 Å². The lowest BCUT2D eigenvalue weighted by Gasteiger charge is -2.12. The number of carbonyl (C=O) groups is 1. The molecule has 0 bridgehead atoms. The number of amides is 1. The van der Waals surface area contributed by atoms with Crippen molar-refractivity contribution in [2.75, 3.05) is 0 Å². The molecular formula is C19H16N2O. The van der Waals surface area contributed by atoms with Crippen molar-refractivity contribution in [3.63, 3.8) is 0 Å². The molecule has 2 aromatic carbocycles. The summed E-state index contributed by atoms with van der Waals surface area (Å²) < 4.78 is 0. The largest absolute Gasteiger partial charge is 0.366 e. The lowest BCUT2D eigenvalue weighted by atomic mass is 9.92. The van der Waals surface area contributed by atoms with E-state index in [-0.39, 0.29) is 0 Å². The van der Waals surface area contributed by atoms with Gasteiger partial charge in [-0.2, -0.15) is 0 Å². The number of carbonyl (C=O) groups excluding carboxylic acids is 1. The van der Waals surface area contributed by atoms with Gasteiger partial charge in [-0.15, -0.1) is 0 Å². The van der Waals surface area contributed by atoms with Gasteiger partial charge in [0.1, 0.15) is 0 Å². The quantitative estimate of drug-likeness (QED) is 0.796. The summed E-state index contributed by atoms with van der Waals surface area (Å²) in [5, 5.41) is 0. The van der Waals surface area contributed by atoms with E-state index in [4.69, 9.17) is 5.73 Å². The van der Waals surface area contributed by atoms with Gasteiger partial charge in [0.25, 0.3) is 0 Å². The van der Waals surface area contributed by atoms with Crippen molar-refractivity contribution in [1.29, 1.82) is 0 Å². The molecule has 3 nitrogen and oxygen atoms in total. The Hall–Kier alpha value is -2.94. The van der Waals surface area contributed by atoms with Gasteiger partial charge in [-0.3, -0.25) is 9.78 Å². The Morgan fingerprint density at radius 2 is 1.77 bits per heavy atom. The standard InChI is InChI=1S/C19H16N2O/c1-13-8-9-14(15-5-4-10-21-12-15)11-18(13)16-6-2-3-7-17(16)19(20)22/h2-12H,1H3,(H2,20,22). The maximum Gasteiger partial charge on any atom is 0.249 e. The molecule has 0 saturated heterocycles. The molecule has 0 fully saturated rings. The van der Waals surface area contributed by atoms with Gasteiger partial charge in [0, 0.05) is 23.5 Å². The number of pyridine rings is 1. The maximum atomic E-state index is 11.7. The van der Waals surface area contributed by atoms with Crippen molar-refractivity contribution in [3.8, 4) is 22.3 Å². The molecule has 2 N–H and O–H groups in total. The smallest absolute Gasteiger partial charge is 0.249 e. The molecule has 0 atom stereocenters. The summed E-state index contributed by atoms with van der Waals surface area (Å²) in [6.45, 7) is 2.03. The number of nitrogens with two attached hydrogens (primary N) is 1. The van der Waals surface area contributed by atoms with E-state index in [0.717, 1.165) is 27.8 Å². The Bertz CT molecular complexity index is 826. The summed E-state index contributed by atoms with van der Waals surface area (Å²) in [5.74, 6) is -0.415. The van der Waals surface area contributed by atoms with Crippen LogP contribution in [0.2, 0.25) is 0 Å². The number of rotatable bonds is 3. The fourth-order valence-corrected chi connectivity index (χ4v) is 2.56. The van der Waals surface area contributed by atoms with E-state index in [1.54, 1.807) is 12.3 Å². The SMILES string of the molecule is Cc1ccc(-c2cccnc2)cc1-c1ccccc1C(N)=O. The summed E-state index contributed by atoms with van der Waals surface area (Å²) in [6.07, 6.45) is 3.58. The molecule has 1 heterocycles. The van der Waals surface area contributed by atoms with Crippen LogP contribution in [0.3, 0.4) is 0 Å². The number of aromatic nitrogens is 1. The molecule has 0 aliphatic carbocycles. The summed E-state index contributed by atoms with van der Waals surface area (Å²) >= 11 is 0. The highest BCUT2D eigenvalue weighted by Gasteiger charge is 2.12. The minimum atomic E-state index is -0.415. The summed E-state index contributed by atoms with van der Waals surface area (Å²) in [6, 6.07) is 17.5. The third-order valence-electron chi connectivity index (χ3n) is 3.72. The van der Waals surface area contributed by atoms with Gasteiger partial charge in [0.2, 0.25) is 5.91 Å². The minimum Gasteiger partial charge on any atom is -0.366 e. The maximum absolute atomic E-state index is 11.7. The van der Waals surface area contributed by atoms with E-state index < -0.39 is 5.91 Å². The number of primary amides is 1. The van der Waals surface area contributed by atoms with Crippen LogP contribution in [0.25, 0.3) is 22.3 Å². The van der Waals surface area contributed by atoms with Crippen molar-refractivity contribution in [1.82, 2.24) is 4.98 Å². The van der Waals surface area contributed by atoms with Gasteiger partial charge in [-0.05, 0) is 47.4 Å². The van der Waals surface area contributed by atoms with Gasteiger partial charge in [0.15, 0.2) is 0 Å². The predicted molar refractivity (Wildman–Crippen MR) is 88.4 cm³/mol. The first-order valence-corrected chi connectivity index (χ1v) is 7.07. The fourth-order valence-electron chi connectivity index (χ4n) is 2.56. The summed E-state index contributed by atoms with van der Waals surface area (Å²) in [4.78, 5) is 15.8. The average Bonchev–Trinajstić information content (AvgIpc) is 2.56. The lowest BCUT2D eigenvalue weighted by Crippen LogP contribution is -2.12. The Morgan fingerprint density at radius 1 is 0.955 bits per heavy atom. The third kappa shape index (κ3) is 2.61. The highest BCUT2D eigenvalue weighted by Crippen LogP contribution is 2.31. The van der Waals surface area contributed by atoms with Crippen LogP contribution in [0.1, 0.15) is 15.9 Å². The molecule has 22 heavy (non-hydrogen) atoms. The first kappa shape index (κ1) is 14.0. The van der Waals surface area contributed by atoms with E-state index >= 15 is 0 Å². The van der Waals surface area contributed by atoms with E-state index in [1.165, 1.54) is 0 Å². The van der Waals surface area contributed by atoms with Crippen molar-refractivity contribution in [2.24, 2.45) is 5.73 Å². The van der Waals surface area contributed by atoms with E-state index in [1.807, 2.05) is 43.5 Å². The number of nitrogens with zero attached hydrogens (tertiary/aromatic N) is 1. The number of benzene rings is 2. The third-order valence-corrected chi connectivity index (χ3v) is 3.72. The van der Waals surface area contributed by atoms with Crippen LogP contribution in [0.15, 0.2) is 67.0 Å². The van der Waals surface area contributed by atoms with Crippen molar-refractivity contribution >= 4 is 5.91 Å². The van der Waals surface area contributed by atoms with Gasteiger partial charge in [0.05, 0.1) is 0 Å². The first-order chi connectivity index (χ1) is 10.7.